The van der Waals surface area contributed by atoms with Crippen LogP contribution in [0.5, 0.6) is 5.75 Å². The van der Waals surface area contributed by atoms with E-state index in [9.17, 15) is 4.79 Å². The molecule has 26 heavy (non-hydrogen) atoms. The van der Waals surface area contributed by atoms with Crippen LogP contribution in [0, 0.1) is 0 Å². The Morgan fingerprint density at radius 3 is 2.08 bits per heavy atom. The molecule has 0 aliphatic carbocycles. The first-order chi connectivity index (χ1) is 12.6. The number of hydrogen-bond acceptors (Lipinski definition) is 3. The molecule has 0 saturated heterocycles. The fourth-order valence-electron chi connectivity index (χ4n) is 2.76. The zero-order valence-corrected chi connectivity index (χ0v) is 16.2. The van der Waals surface area contributed by atoms with Gasteiger partial charge in [0.15, 0.2) is 0 Å². The smallest absolute Gasteiger partial charge is 0.306 e. The Hall–Kier alpha value is -2.29. The highest BCUT2D eigenvalue weighted by atomic mass is 16.5. The van der Waals surface area contributed by atoms with Crippen molar-refractivity contribution in [2.45, 2.75) is 59.0 Å². The van der Waals surface area contributed by atoms with Crippen molar-refractivity contribution in [1.29, 1.82) is 0 Å². The van der Waals surface area contributed by atoms with Gasteiger partial charge in [0, 0.05) is 6.42 Å². The molecular formula is C23H30O3. The highest BCUT2D eigenvalue weighted by Gasteiger charge is 2.10. The molecule has 1 atom stereocenters. The Bertz CT molecular complexity index is 659. The zero-order valence-electron chi connectivity index (χ0n) is 16.2. The number of carbonyl (C=O) groups is 1. The molecule has 0 fully saturated rings. The zero-order chi connectivity index (χ0) is 18.8. The van der Waals surface area contributed by atoms with Gasteiger partial charge in [-0.05, 0) is 42.2 Å². The number of benzene rings is 2. The molecule has 140 valence electrons. The first-order valence-corrected chi connectivity index (χ1v) is 9.66. The molecule has 2 aromatic carbocycles. The van der Waals surface area contributed by atoms with Crippen LogP contribution in [-0.4, -0.2) is 12.6 Å². The number of rotatable bonds is 10. The monoisotopic (exact) mass is 354 g/mol. The van der Waals surface area contributed by atoms with Gasteiger partial charge in [-0.3, -0.25) is 4.79 Å². The molecule has 0 saturated carbocycles. The van der Waals surface area contributed by atoms with Crippen LogP contribution in [0.15, 0.2) is 48.5 Å². The summed E-state index contributed by atoms with van der Waals surface area (Å²) in [6.45, 7) is 6.69. The van der Waals surface area contributed by atoms with Crippen LogP contribution in [0.25, 0.3) is 11.1 Å². The third-order valence-corrected chi connectivity index (χ3v) is 4.43. The molecule has 0 aliphatic heterocycles. The standard InChI is InChI=1S/C23H30O3/c1-4-6-7-8-17-25-22-15-13-21(14-16-22)20-11-9-19(10-12-20)18(3)26-23(24)5-2/h9-16,18H,4-8,17H2,1-3H3. The third-order valence-electron chi connectivity index (χ3n) is 4.43. The van der Waals surface area contributed by atoms with Gasteiger partial charge in [0.1, 0.15) is 11.9 Å². The molecule has 2 aromatic rings. The Kier molecular flexibility index (Phi) is 8.20. The van der Waals surface area contributed by atoms with E-state index in [1.54, 1.807) is 6.92 Å². The Labute approximate surface area is 157 Å². The van der Waals surface area contributed by atoms with Crippen molar-refractivity contribution in [3.05, 3.63) is 54.1 Å². The lowest BCUT2D eigenvalue weighted by Gasteiger charge is -2.13. The van der Waals surface area contributed by atoms with Crippen molar-refractivity contribution in [3.63, 3.8) is 0 Å². The van der Waals surface area contributed by atoms with Gasteiger partial charge in [-0.15, -0.1) is 0 Å². The minimum absolute atomic E-state index is 0.174. The fourth-order valence-corrected chi connectivity index (χ4v) is 2.76. The second-order valence-corrected chi connectivity index (χ2v) is 6.54. The van der Waals surface area contributed by atoms with E-state index in [0.717, 1.165) is 35.5 Å². The van der Waals surface area contributed by atoms with E-state index in [-0.39, 0.29) is 12.1 Å². The fraction of sp³-hybridized carbons (Fsp3) is 0.435. The normalized spacial score (nSPS) is 11.8. The minimum atomic E-state index is -0.222. The Morgan fingerprint density at radius 1 is 0.885 bits per heavy atom. The van der Waals surface area contributed by atoms with Crippen molar-refractivity contribution >= 4 is 5.97 Å². The second kappa shape index (κ2) is 10.6. The van der Waals surface area contributed by atoms with Crippen LogP contribution in [0.2, 0.25) is 0 Å². The van der Waals surface area contributed by atoms with Crippen molar-refractivity contribution in [2.75, 3.05) is 6.61 Å². The SMILES string of the molecule is CCCCCCOc1ccc(-c2ccc(C(C)OC(=O)CC)cc2)cc1. The molecule has 0 N–H and O–H groups in total. The van der Waals surface area contributed by atoms with Gasteiger partial charge >= 0.3 is 5.97 Å². The van der Waals surface area contributed by atoms with Crippen molar-refractivity contribution in [2.24, 2.45) is 0 Å². The van der Waals surface area contributed by atoms with Gasteiger partial charge < -0.3 is 9.47 Å². The molecule has 0 aliphatic rings. The van der Waals surface area contributed by atoms with E-state index in [2.05, 4.69) is 31.2 Å². The minimum Gasteiger partial charge on any atom is -0.494 e. The summed E-state index contributed by atoms with van der Waals surface area (Å²) < 4.78 is 11.1. The van der Waals surface area contributed by atoms with E-state index in [1.807, 2.05) is 31.2 Å². The predicted molar refractivity (Wildman–Crippen MR) is 106 cm³/mol. The van der Waals surface area contributed by atoms with Crippen molar-refractivity contribution in [1.82, 2.24) is 0 Å². The largest absolute Gasteiger partial charge is 0.494 e. The maximum atomic E-state index is 11.4. The van der Waals surface area contributed by atoms with Gasteiger partial charge in [0.05, 0.1) is 6.61 Å². The average molecular weight is 354 g/mol. The summed E-state index contributed by atoms with van der Waals surface area (Å²) in [7, 11) is 0. The van der Waals surface area contributed by atoms with Crippen LogP contribution in [0.4, 0.5) is 0 Å². The number of hydrogen-bond donors (Lipinski definition) is 0. The van der Waals surface area contributed by atoms with Crippen molar-refractivity contribution in [3.8, 4) is 16.9 Å². The van der Waals surface area contributed by atoms with Crippen LogP contribution >= 0.6 is 0 Å². The first-order valence-electron chi connectivity index (χ1n) is 9.66. The average Bonchev–Trinajstić information content (AvgIpc) is 2.68. The number of unbranched alkanes of at least 4 members (excludes halogenated alkanes) is 3. The highest BCUT2D eigenvalue weighted by Crippen LogP contribution is 2.25. The van der Waals surface area contributed by atoms with Crippen LogP contribution in [0.3, 0.4) is 0 Å². The molecule has 3 nitrogen and oxygen atoms in total. The quantitative estimate of drug-likeness (QED) is 0.369. The molecule has 0 spiro atoms. The molecule has 0 radical (unpaired) electrons. The van der Waals surface area contributed by atoms with Gasteiger partial charge in [-0.2, -0.15) is 0 Å². The summed E-state index contributed by atoms with van der Waals surface area (Å²) >= 11 is 0. The van der Waals surface area contributed by atoms with Crippen LogP contribution < -0.4 is 4.74 Å². The summed E-state index contributed by atoms with van der Waals surface area (Å²) in [6, 6.07) is 16.4. The maximum Gasteiger partial charge on any atom is 0.306 e. The van der Waals surface area contributed by atoms with Crippen LogP contribution in [-0.2, 0) is 9.53 Å². The topological polar surface area (TPSA) is 35.5 Å². The summed E-state index contributed by atoms with van der Waals surface area (Å²) in [6.07, 6.45) is 5.03. The summed E-state index contributed by atoms with van der Waals surface area (Å²) in [5, 5.41) is 0. The lowest BCUT2D eigenvalue weighted by atomic mass is 10.0. The Balaban J connectivity index is 1.91. The van der Waals surface area contributed by atoms with Gasteiger partial charge in [0.2, 0.25) is 0 Å². The Morgan fingerprint density at radius 2 is 1.50 bits per heavy atom. The molecule has 2 rings (SSSR count). The predicted octanol–water partition coefficient (Wildman–Crippen LogP) is 6.33. The molecular weight excluding hydrogens is 324 g/mol. The highest BCUT2D eigenvalue weighted by molar-refractivity contribution is 5.69. The molecule has 1 unspecified atom stereocenters. The van der Waals surface area contributed by atoms with Gasteiger partial charge in [-0.25, -0.2) is 0 Å². The summed E-state index contributed by atoms with van der Waals surface area (Å²) in [5.74, 6) is 0.744. The van der Waals surface area contributed by atoms with Crippen molar-refractivity contribution < 1.29 is 14.3 Å². The van der Waals surface area contributed by atoms with Gasteiger partial charge in [-0.1, -0.05) is 69.5 Å². The molecule has 0 amide bonds. The number of ether oxygens (including phenoxy) is 2. The van der Waals surface area contributed by atoms with E-state index in [1.165, 1.54) is 19.3 Å². The molecule has 0 heterocycles. The molecule has 3 heteroatoms. The van der Waals surface area contributed by atoms with E-state index >= 15 is 0 Å². The van der Waals surface area contributed by atoms with E-state index in [0.29, 0.717) is 6.42 Å². The molecule has 0 bridgehead atoms. The van der Waals surface area contributed by atoms with E-state index in [4.69, 9.17) is 9.47 Å². The van der Waals surface area contributed by atoms with Crippen LogP contribution in [0.1, 0.15) is 64.5 Å². The third kappa shape index (κ3) is 6.21. The van der Waals surface area contributed by atoms with E-state index < -0.39 is 0 Å². The summed E-state index contributed by atoms with van der Waals surface area (Å²) in [4.78, 5) is 11.4. The number of esters is 1. The summed E-state index contributed by atoms with van der Waals surface area (Å²) in [5.41, 5.74) is 3.29. The number of carbonyl (C=O) groups excluding carboxylic acids is 1. The first kappa shape index (κ1) is 20.0. The second-order valence-electron chi connectivity index (χ2n) is 6.54. The maximum absolute atomic E-state index is 11.4. The molecule has 0 aromatic heterocycles. The lowest BCUT2D eigenvalue weighted by molar-refractivity contribution is -0.148. The van der Waals surface area contributed by atoms with Gasteiger partial charge in [0.25, 0.3) is 0 Å². The lowest BCUT2D eigenvalue weighted by Crippen LogP contribution is -2.07.